The normalized spacial score (nSPS) is 11.1. The molecule has 17 heavy (non-hydrogen) atoms. The summed E-state index contributed by atoms with van der Waals surface area (Å²) in [5.41, 5.74) is 0.561. The highest BCUT2D eigenvalue weighted by Crippen LogP contribution is 2.29. The Morgan fingerprint density at radius 2 is 2.18 bits per heavy atom. The van der Waals surface area contributed by atoms with Crippen LogP contribution in [0.25, 0.3) is 0 Å². The van der Waals surface area contributed by atoms with E-state index in [4.69, 9.17) is 5.26 Å². The average Bonchev–Trinajstić information content (AvgIpc) is 2.20. The maximum absolute atomic E-state index is 12.1. The van der Waals surface area contributed by atoms with Crippen LogP contribution < -0.4 is 4.74 Å². The van der Waals surface area contributed by atoms with E-state index in [0.29, 0.717) is 9.26 Å². The minimum absolute atomic E-state index is 0.0118. The summed E-state index contributed by atoms with van der Waals surface area (Å²) in [6.07, 6.45) is -4.78. The number of pyridine rings is 1. The van der Waals surface area contributed by atoms with Crippen molar-refractivity contribution in [1.82, 2.24) is 4.98 Å². The van der Waals surface area contributed by atoms with Crippen LogP contribution in [-0.2, 0) is 11.8 Å². The Kier molecular flexibility index (Phi) is 5.00. The van der Waals surface area contributed by atoms with Crippen LogP contribution in [0.15, 0.2) is 6.07 Å². The monoisotopic (exact) mass is 420 g/mol. The fraction of sp³-hybridized carbons (Fsp3) is 0.333. The van der Waals surface area contributed by atoms with Crippen LogP contribution >= 0.6 is 38.5 Å². The Morgan fingerprint density at radius 3 is 2.65 bits per heavy atom. The summed E-state index contributed by atoms with van der Waals surface area (Å²) in [5, 5.41) is 8.68. The van der Waals surface area contributed by atoms with Gasteiger partial charge in [-0.3, -0.25) is 0 Å². The van der Waals surface area contributed by atoms with Crippen LogP contribution in [0.3, 0.4) is 0 Å². The molecule has 0 fully saturated rings. The zero-order valence-electron chi connectivity index (χ0n) is 8.18. The van der Waals surface area contributed by atoms with E-state index in [1.165, 1.54) is 6.07 Å². The SMILES string of the molecule is N#CCc1cc(OC(F)(F)F)c(CBr)nc1I. The van der Waals surface area contributed by atoms with Crippen LogP contribution in [0.5, 0.6) is 5.75 Å². The molecule has 0 amide bonds. The van der Waals surface area contributed by atoms with Crippen LogP contribution in [0.4, 0.5) is 13.2 Å². The number of hydrogen-bond acceptors (Lipinski definition) is 3. The summed E-state index contributed by atoms with van der Waals surface area (Å²) in [4.78, 5) is 3.96. The van der Waals surface area contributed by atoms with E-state index >= 15 is 0 Å². The van der Waals surface area contributed by atoms with Crippen molar-refractivity contribution in [3.8, 4) is 11.8 Å². The molecule has 0 N–H and O–H groups in total. The molecule has 3 nitrogen and oxygen atoms in total. The lowest BCUT2D eigenvalue weighted by Gasteiger charge is -2.13. The molecule has 0 atom stereocenters. The van der Waals surface area contributed by atoms with Gasteiger partial charge in [-0.15, -0.1) is 13.2 Å². The van der Waals surface area contributed by atoms with Gasteiger partial charge in [0.15, 0.2) is 5.75 Å². The molecule has 0 unspecified atom stereocenters. The molecule has 0 aliphatic heterocycles. The van der Waals surface area contributed by atoms with Crippen LogP contribution in [0, 0.1) is 15.0 Å². The van der Waals surface area contributed by atoms with Crippen LogP contribution in [0.2, 0.25) is 0 Å². The fourth-order valence-corrected chi connectivity index (χ4v) is 2.10. The van der Waals surface area contributed by atoms with Crippen molar-refractivity contribution in [3.05, 3.63) is 21.0 Å². The van der Waals surface area contributed by atoms with Crippen LogP contribution in [0.1, 0.15) is 11.3 Å². The first-order chi connectivity index (χ1) is 7.87. The second-order valence-electron chi connectivity index (χ2n) is 2.90. The molecular weight excluding hydrogens is 416 g/mol. The van der Waals surface area contributed by atoms with Gasteiger partial charge in [-0.2, -0.15) is 5.26 Å². The molecular formula is C9H5BrF3IN2O. The number of rotatable bonds is 3. The molecule has 92 valence electrons. The van der Waals surface area contributed by atoms with Crippen molar-refractivity contribution in [2.24, 2.45) is 0 Å². The quantitative estimate of drug-likeness (QED) is 0.427. The summed E-state index contributed by atoms with van der Waals surface area (Å²) in [6, 6.07) is 3.06. The lowest BCUT2D eigenvalue weighted by Crippen LogP contribution is -2.19. The topological polar surface area (TPSA) is 45.9 Å². The molecule has 1 rings (SSSR count). The second kappa shape index (κ2) is 5.86. The van der Waals surface area contributed by atoms with E-state index in [-0.39, 0.29) is 23.2 Å². The Bertz CT molecular complexity index is 459. The van der Waals surface area contributed by atoms with E-state index in [0.717, 1.165) is 0 Å². The highest BCUT2D eigenvalue weighted by atomic mass is 127. The Morgan fingerprint density at radius 1 is 1.53 bits per heavy atom. The third-order valence-electron chi connectivity index (χ3n) is 1.71. The van der Waals surface area contributed by atoms with E-state index in [1.807, 2.05) is 28.7 Å². The van der Waals surface area contributed by atoms with Crippen molar-refractivity contribution in [2.45, 2.75) is 18.1 Å². The van der Waals surface area contributed by atoms with E-state index in [2.05, 4.69) is 25.7 Å². The van der Waals surface area contributed by atoms with Gasteiger partial charge in [-0.05, 0) is 28.7 Å². The third kappa shape index (κ3) is 4.31. The van der Waals surface area contributed by atoms with Gasteiger partial charge in [-0.1, -0.05) is 15.9 Å². The van der Waals surface area contributed by atoms with E-state index in [1.54, 1.807) is 0 Å². The minimum atomic E-state index is -4.77. The fourth-order valence-electron chi connectivity index (χ4n) is 1.06. The van der Waals surface area contributed by atoms with Gasteiger partial charge in [-0.25, -0.2) is 4.98 Å². The van der Waals surface area contributed by atoms with Crippen molar-refractivity contribution in [3.63, 3.8) is 0 Å². The third-order valence-corrected chi connectivity index (χ3v) is 3.17. The number of nitriles is 1. The molecule has 0 saturated carbocycles. The first-order valence-electron chi connectivity index (χ1n) is 4.24. The molecule has 0 radical (unpaired) electrons. The highest BCUT2D eigenvalue weighted by molar-refractivity contribution is 14.1. The van der Waals surface area contributed by atoms with Gasteiger partial charge in [0.25, 0.3) is 0 Å². The smallest absolute Gasteiger partial charge is 0.404 e. The van der Waals surface area contributed by atoms with Gasteiger partial charge in [0, 0.05) is 10.9 Å². The first kappa shape index (κ1) is 14.5. The molecule has 0 aliphatic rings. The lowest BCUT2D eigenvalue weighted by atomic mass is 10.2. The molecule has 0 spiro atoms. The zero-order chi connectivity index (χ0) is 13.1. The number of aromatic nitrogens is 1. The number of ether oxygens (including phenoxy) is 1. The summed E-state index contributed by atoms with van der Waals surface area (Å²) >= 11 is 4.90. The molecule has 0 aliphatic carbocycles. The number of nitrogens with zero attached hydrogens (tertiary/aromatic N) is 2. The summed E-state index contributed by atoms with van der Waals surface area (Å²) in [5.74, 6) is -0.375. The summed E-state index contributed by atoms with van der Waals surface area (Å²) in [7, 11) is 0. The Labute approximate surface area is 117 Å². The number of hydrogen-bond donors (Lipinski definition) is 0. The van der Waals surface area contributed by atoms with Crippen molar-refractivity contribution in [1.29, 1.82) is 5.26 Å². The maximum Gasteiger partial charge on any atom is 0.573 e. The number of alkyl halides is 4. The predicted octanol–water partition coefficient (Wildman–Crippen LogP) is 3.55. The Balaban J connectivity index is 3.18. The minimum Gasteiger partial charge on any atom is -0.404 e. The van der Waals surface area contributed by atoms with Crippen molar-refractivity contribution < 1.29 is 17.9 Å². The standard InChI is InChI=1S/C9H5BrF3IN2O/c10-4-6-7(17-9(11,12)13)3-5(1-2-15)8(14)16-6/h3H,1,4H2. The largest absolute Gasteiger partial charge is 0.573 e. The van der Waals surface area contributed by atoms with Gasteiger partial charge in [0.05, 0.1) is 18.2 Å². The Hall–Kier alpha value is -0.560. The molecule has 8 heteroatoms. The van der Waals surface area contributed by atoms with Crippen molar-refractivity contribution >= 4 is 38.5 Å². The van der Waals surface area contributed by atoms with Gasteiger partial charge in [0.1, 0.15) is 3.70 Å². The van der Waals surface area contributed by atoms with Gasteiger partial charge in [0.2, 0.25) is 0 Å². The molecule has 1 aromatic heterocycles. The second-order valence-corrected chi connectivity index (χ2v) is 4.48. The predicted molar refractivity (Wildman–Crippen MR) is 65.6 cm³/mol. The summed E-state index contributed by atoms with van der Waals surface area (Å²) < 4.78 is 40.8. The number of halogens is 5. The van der Waals surface area contributed by atoms with Crippen molar-refractivity contribution in [2.75, 3.05) is 0 Å². The molecule has 0 saturated heterocycles. The average molecular weight is 421 g/mol. The van der Waals surface area contributed by atoms with E-state index in [9.17, 15) is 13.2 Å². The maximum atomic E-state index is 12.1. The summed E-state index contributed by atoms with van der Waals surface area (Å²) in [6.45, 7) is 0. The van der Waals surface area contributed by atoms with Gasteiger partial charge < -0.3 is 4.74 Å². The lowest BCUT2D eigenvalue weighted by molar-refractivity contribution is -0.275. The molecule has 1 heterocycles. The first-order valence-corrected chi connectivity index (χ1v) is 6.44. The molecule has 0 aromatic carbocycles. The van der Waals surface area contributed by atoms with E-state index < -0.39 is 6.36 Å². The van der Waals surface area contributed by atoms with Crippen LogP contribution in [-0.4, -0.2) is 11.3 Å². The highest BCUT2D eigenvalue weighted by Gasteiger charge is 2.32. The van der Waals surface area contributed by atoms with Gasteiger partial charge >= 0.3 is 6.36 Å². The molecule has 0 bridgehead atoms. The zero-order valence-corrected chi connectivity index (χ0v) is 11.9. The molecule has 1 aromatic rings.